The minimum absolute atomic E-state index is 0.160. The largest absolute Gasteiger partial charge is 0.480 e. The second kappa shape index (κ2) is 6.73. The minimum atomic E-state index is -1.03. The van der Waals surface area contributed by atoms with Gasteiger partial charge in [-0.25, -0.2) is 4.79 Å². The highest BCUT2D eigenvalue weighted by Gasteiger charge is 2.14. The van der Waals surface area contributed by atoms with E-state index in [4.69, 9.17) is 5.11 Å². The molecule has 0 aromatic carbocycles. The van der Waals surface area contributed by atoms with Crippen LogP contribution in [0.5, 0.6) is 0 Å². The fourth-order valence-corrected chi connectivity index (χ4v) is 1.45. The van der Waals surface area contributed by atoms with Gasteiger partial charge >= 0.3 is 12.0 Å². The number of aromatic nitrogens is 2. The molecule has 1 heterocycles. The van der Waals surface area contributed by atoms with Crippen molar-refractivity contribution in [1.82, 2.24) is 20.4 Å². The summed E-state index contributed by atoms with van der Waals surface area (Å²) in [4.78, 5) is 33.6. The fourth-order valence-electron chi connectivity index (χ4n) is 1.45. The maximum Gasteiger partial charge on any atom is 0.325 e. The molecule has 1 aromatic rings. The molecule has 0 spiro atoms. The minimum Gasteiger partial charge on any atom is -0.480 e. The zero-order valence-electron chi connectivity index (χ0n) is 12.1. The van der Waals surface area contributed by atoms with Crippen LogP contribution >= 0.6 is 0 Å². The average Bonchev–Trinajstić information content (AvgIpc) is 2.70. The Kier molecular flexibility index (Phi) is 5.28. The first-order valence-electron chi connectivity index (χ1n) is 6.26. The number of hydrogen-bond donors (Lipinski definition) is 4. The van der Waals surface area contributed by atoms with Gasteiger partial charge in [-0.15, -0.1) is 0 Å². The van der Waals surface area contributed by atoms with Crippen molar-refractivity contribution < 1.29 is 19.5 Å². The number of nitrogens with zero attached hydrogens (tertiary/aromatic N) is 2. The number of aliphatic carboxylic acids is 1. The van der Waals surface area contributed by atoms with Gasteiger partial charge in [0.25, 0.3) is 0 Å². The van der Waals surface area contributed by atoms with E-state index in [1.54, 1.807) is 0 Å². The molecule has 9 nitrogen and oxygen atoms in total. The van der Waals surface area contributed by atoms with Crippen LogP contribution in [0.2, 0.25) is 0 Å². The summed E-state index contributed by atoms with van der Waals surface area (Å²) >= 11 is 0. The van der Waals surface area contributed by atoms with Crippen molar-refractivity contribution in [2.75, 3.05) is 11.9 Å². The molecule has 3 amide bonds. The lowest BCUT2D eigenvalue weighted by Gasteiger charge is -2.20. The number of carboxylic acids is 1. The third kappa shape index (κ3) is 6.95. The molecule has 116 valence electrons. The molecule has 21 heavy (non-hydrogen) atoms. The molecule has 0 radical (unpaired) electrons. The highest BCUT2D eigenvalue weighted by Crippen LogP contribution is 2.04. The number of amides is 3. The van der Waals surface area contributed by atoms with Gasteiger partial charge in [-0.1, -0.05) is 0 Å². The van der Waals surface area contributed by atoms with Crippen molar-refractivity contribution >= 4 is 23.6 Å². The van der Waals surface area contributed by atoms with E-state index in [-0.39, 0.29) is 24.5 Å². The third-order valence-electron chi connectivity index (χ3n) is 2.11. The molecule has 0 aliphatic rings. The molecule has 0 bridgehead atoms. The van der Waals surface area contributed by atoms with Crippen LogP contribution in [0.3, 0.4) is 0 Å². The van der Waals surface area contributed by atoms with Crippen LogP contribution in [-0.4, -0.2) is 44.9 Å². The van der Waals surface area contributed by atoms with E-state index in [0.717, 1.165) is 0 Å². The van der Waals surface area contributed by atoms with Crippen LogP contribution in [0.4, 0.5) is 10.5 Å². The Hall–Kier alpha value is -2.58. The van der Waals surface area contributed by atoms with Crippen molar-refractivity contribution in [3.8, 4) is 0 Å². The van der Waals surface area contributed by atoms with Crippen LogP contribution in [0.25, 0.3) is 0 Å². The smallest absolute Gasteiger partial charge is 0.325 e. The van der Waals surface area contributed by atoms with Gasteiger partial charge in [0.15, 0.2) is 0 Å². The lowest BCUT2D eigenvalue weighted by molar-refractivity contribution is -0.137. The molecule has 0 atom stereocenters. The number of urea groups is 1. The number of rotatable bonds is 5. The number of carbonyl (C=O) groups excluding carboxylic acids is 2. The van der Waals surface area contributed by atoms with E-state index < -0.39 is 12.0 Å². The maximum absolute atomic E-state index is 11.6. The monoisotopic (exact) mass is 297 g/mol. The van der Waals surface area contributed by atoms with Crippen LogP contribution in [0.1, 0.15) is 20.8 Å². The molecule has 0 fully saturated rings. The summed E-state index contributed by atoms with van der Waals surface area (Å²) in [6.45, 7) is 5.05. The second-order valence-corrected chi connectivity index (χ2v) is 5.43. The Morgan fingerprint density at radius 1 is 1.33 bits per heavy atom. The highest BCUT2D eigenvalue weighted by atomic mass is 16.4. The summed E-state index contributed by atoms with van der Waals surface area (Å²) in [5.74, 6) is -1.34. The zero-order chi connectivity index (χ0) is 16.0. The third-order valence-corrected chi connectivity index (χ3v) is 2.11. The maximum atomic E-state index is 11.6. The lowest BCUT2D eigenvalue weighted by Crippen LogP contribution is -2.46. The van der Waals surface area contributed by atoms with Gasteiger partial charge in [0.05, 0.1) is 18.4 Å². The Bertz CT molecular complexity index is 532. The predicted octanol–water partition coefficient (Wildman–Crippen LogP) is 0.00390. The molecule has 0 aliphatic carbocycles. The summed E-state index contributed by atoms with van der Waals surface area (Å²) in [6.07, 6.45) is 2.70. The molecule has 1 rings (SSSR count). The van der Waals surface area contributed by atoms with Crippen molar-refractivity contribution in [3.05, 3.63) is 12.4 Å². The van der Waals surface area contributed by atoms with Crippen molar-refractivity contribution in [1.29, 1.82) is 0 Å². The van der Waals surface area contributed by atoms with Gasteiger partial charge in [-0.3, -0.25) is 14.3 Å². The van der Waals surface area contributed by atoms with Crippen molar-refractivity contribution in [2.24, 2.45) is 0 Å². The number of hydrogen-bond acceptors (Lipinski definition) is 4. The molecule has 1 aromatic heterocycles. The van der Waals surface area contributed by atoms with E-state index >= 15 is 0 Å². The first-order chi connectivity index (χ1) is 9.65. The predicted molar refractivity (Wildman–Crippen MR) is 74.8 cm³/mol. The van der Waals surface area contributed by atoms with Crippen LogP contribution in [-0.2, 0) is 16.1 Å². The molecule has 9 heteroatoms. The summed E-state index contributed by atoms with van der Waals surface area (Å²) in [6, 6.07) is -0.575. The second-order valence-electron chi connectivity index (χ2n) is 5.43. The van der Waals surface area contributed by atoms with Crippen molar-refractivity contribution in [2.45, 2.75) is 32.9 Å². The number of nitrogens with one attached hydrogen (secondary N) is 3. The van der Waals surface area contributed by atoms with Crippen LogP contribution in [0.15, 0.2) is 12.4 Å². The molecular formula is C12H19N5O4. The summed E-state index contributed by atoms with van der Waals surface area (Å²) < 4.78 is 1.17. The van der Waals surface area contributed by atoms with Gasteiger partial charge in [0, 0.05) is 11.7 Å². The highest BCUT2D eigenvalue weighted by molar-refractivity contribution is 5.92. The summed E-state index contributed by atoms with van der Waals surface area (Å²) in [7, 11) is 0. The van der Waals surface area contributed by atoms with Crippen LogP contribution < -0.4 is 16.0 Å². The fraction of sp³-hybridized carbons (Fsp3) is 0.500. The SMILES string of the molecule is CC(C)(C)NC(=O)CNC(=O)Nc1cnn(CC(=O)O)c1. The molecule has 0 unspecified atom stereocenters. The number of carbonyl (C=O) groups is 3. The molecule has 4 N–H and O–H groups in total. The van der Waals surface area contributed by atoms with Crippen molar-refractivity contribution in [3.63, 3.8) is 0 Å². The first-order valence-corrected chi connectivity index (χ1v) is 6.26. The van der Waals surface area contributed by atoms with Gasteiger partial charge in [0.1, 0.15) is 6.54 Å². The molecular weight excluding hydrogens is 278 g/mol. The quantitative estimate of drug-likeness (QED) is 0.609. The molecule has 0 saturated carbocycles. The Morgan fingerprint density at radius 3 is 2.57 bits per heavy atom. The van der Waals surface area contributed by atoms with E-state index in [1.807, 2.05) is 20.8 Å². The Balaban J connectivity index is 2.38. The van der Waals surface area contributed by atoms with E-state index in [9.17, 15) is 14.4 Å². The van der Waals surface area contributed by atoms with Gasteiger partial charge in [0.2, 0.25) is 5.91 Å². The lowest BCUT2D eigenvalue weighted by atomic mass is 10.1. The average molecular weight is 297 g/mol. The topological polar surface area (TPSA) is 125 Å². The summed E-state index contributed by atoms with van der Waals surface area (Å²) in [5, 5.41) is 19.9. The van der Waals surface area contributed by atoms with Gasteiger partial charge in [-0.2, -0.15) is 5.10 Å². The van der Waals surface area contributed by atoms with E-state index in [2.05, 4.69) is 21.0 Å². The Morgan fingerprint density at radius 2 is 2.00 bits per heavy atom. The normalized spacial score (nSPS) is 10.8. The standard InChI is InChI=1S/C12H19N5O4/c1-12(2,3)16-9(18)5-13-11(21)15-8-4-14-17(6-8)7-10(19)20/h4,6H,5,7H2,1-3H3,(H,16,18)(H,19,20)(H2,13,15,21). The van der Waals surface area contributed by atoms with E-state index in [0.29, 0.717) is 5.69 Å². The van der Waals surface area contributed by atoms with Gasteiger partial charge in [-0.05, 0) is 20.8 Å². The number of carboxylic acid groups (broad SMARTS) is 1. The van der Waals surface area contributed by atoms with E-state index in [1.165, 1.54) is 17.1 Å². The molecule has 0 aliphatic heterocycles. The first kappa shape index (κ1) is 16.5. The number of anilines is 1. The summed E-state index contributed by atoms with van der Waals surface area (Å²) in [5.41, 5.74) is -0.0299. The van der Waals surface area contributed by atoms with Gasteiger partial charge < -0.3 is 21.1 Å². The van der Waals surface area contributed by atoms with Crippen LogP contribution in [0, 0.1) is 0 Å². The Labute approximate surface area is 121 Å². The zero-order valence-corrected chi connectivity index (χ0v) is 12.1. The molecule has 0 saturated heterocycles.